The molecule has 1 aromatic rings. The van der Waals surface area contributed by atoms with Gasteiger partial charge in [-0.2, -0.15) is 18.3 Å². The van der Waals surface area contributed by atoms with Crippen molar-refractivity contribution in [1.29, 1.82) is 0 Å². The van der Waals surface area contributed by atoms with E-state index in [9.17, 15) is 18.0 Å². The second-order valence-electron chi connectivity index (χ2n) is 3.83. The molecule has 0 aliphatic heterocycles. The number of methoxy groups -OCH3 is 1. The molecule has 1 aromatic heterocycles. The lowest BCUT2D eigenvalue weighted by atomic mass is 10.0. The van der Waals surface area contributed by atoms with Crippen LogP contribution < -0.4 is 0 Å². The molecule has 2 rings (SSSR count). The summed E-state index contributed by atoms with van der Waals surface area (Å²) < 4.78 is 43.3. The number of nitrogens with zero attached hydrogens (tertiary/aromatic N) is 1. The summed E-state index contributed by atoms with van der Waals surface area (Å²) in [6, 6.07) is 0. The Hall–Kier alpha value is -0.800. The van der Waals surface area contributed by atoms with E-state index in [0.717, 1.165) is 7.11 Å². The van der Waals surface area contributed by atoms with E-state index in [1.807, 2.05) is 0 Å². The van der Waals surface area contributed by atoms with Crippen molar-refractivity contribution in [3.05, 3.63) is 15.0 Å². The Balaban J connectivity index is 2.43. The molecule has 94 valence electrons. The smallest absolute Gasteiger partial charge is 0.400 e. The van der Waals surface area contributed by atoms with Crippen LogP contribution >= 0.6 is 22.6 Å². The second kappa shape index (κ2) is 3.85. The highest BCUT2D eigenvalue weighted by molar-refractivity contribution is 14.1. The number of hydrogen-bond donors (Lipinski definition) is 1. The molecular weight excluding hydrogens is 352 g/mol. The molecule has 1 saturated carbocycles. The van der Waals surface area contributed by atoms with Gasteiger partial charge >= 0.3 is 12.1 Å². The van der Waals surface area contributed by atoms with E-state index >= 15 is 0 Å². The highest BCUT2D eigenvalue weighted by Crippen LogP contribution is 2.59. The third-order valence-electron chi connectivity index (χ3n) is 2.84. The number of rotatable bonds is 2. The first-order valence-corrected chi connectivity index (χ1v) is 5.81. The molecule has 0 bridgehead atoms. The van der Waals surface area contributed by atoms with Crippen molar-refractivity contribution in [2.24, 2.45) is 0 Å². The summed E-state index contributed by atoms with van der Waals surface area (Å²) in [7, 11) is 1.16. The number of esters is 1. The number of alkyl halides is 3. The van der Waals surface area contributed by atoms with Crippen LogP contribution in [-0.4, -0.2) is 29.5 Å². The minimum atomic E-state index is -4.34. The number of halogens is 4. The zero-order valence-electron chi connectivity index (χ0n) is 8.69. The highest BCUT2D eigenvalue weighted by atomic mass is 127. The largest absolute Gasteiger partial charge is 0.464 e. The number of H-pyrrole nitrogens is 1. The Labute approximate surface area is 108 Å². The number of carbonyl (C=O) groups is 1. The summed E-state index contributed by atoms with van der Waals surface area (Å²) in [4.78, 5) is 11.3. The van der Waals surface area contributed by atoms with Crippen molar-refractivity contribution >= 4 is 28.6 Å². The number of nitrogens with one attached hydrogen (secondary N) is 1. The molecule has 17 heavy (non-hydrogen) atoms. The first-order valence-electron chi connectivity index (χ1n) is 4.73. The van der Waals surface area contributed by atoms with E-state index in [2.05, 4.69) is 14.9 Å². The molecule has 1 fully saturated rings. The number of aromatic nitrogens is 2. The predicted octanol–water partition coefficient (Wildman–Crippen LogP) is 2.39. The lowest BCUT2D eigenvalue weighted by Crippen LogP contribution is -2.29. The van der Waals surface area contributed by atoms with Crippen molar-refractivity contribution in [3.8, 4) is 0 Å². The first kappa shape index (κ1) is 12.7. The van der Waals surface area contributed by atoms with Crippen molar-refractivity contribution in [2.75, 3.05) is 7.11 Å². The predicted molar refractivity (Wildman–Crippen MR) is 59.6 cm³/mol. The summed E-state index contributed by atoms with van der Waals surface area (Å²) in [6.07, 6.45) is -4.31. The van der Waals surface area contributed by atoms with Crippen molar-refractivity contribution < 1.29 is 22.7 Å². The van der Waals surface area contributed by atoms with E-state index in [1.54, 1.807) is 22.6 Å². The van der Waals surface area contributed by atoms with Gasteiger partial charge in [-0.15, -0.1) is 0 Å². The molecule has 0 spiro atoms. The van der Waals surface area contributed by atoms with Crippen LogP contribution in [-0.2, 0) is 10.2 Å². The zero-order valence-corrected chi connectivity index (χ0v) is 10.8. The second-order valence-corrected chi connectivity index (χ2v) is 4.91. The molecule has 0 saturated heterocycles. The maximum atomic E-state index is 12.9. The topological polar surface area (TPSA) is 55.0 Å². The lowest BCUT2D eigenvalue weighted by Gasteiger charge is -2.17. The fourth-order valence-electron chi connectivity index (χ4n) is 1.66. The zero-order chi connectivity index (χ0) is 12.8. The summed E-state index contributed by atoms with van der Waals surface area (Å²) in [5.41, 5.74) is -2.02. The van der Waals surface area contributed by atoms with Crippen molar-refractivity contribution in [3.63, 3.8) is 0 Å². The van der Waals surface area contributed by atoms with Crippen molar-refractivity contribution in [2.45, 2.75) is 24.4 Å². The lowest BCUT2D eigenvalue weighted by molar-refractivity contribution is -0.161. The van der Waals surface area contributed by atoms with Gasteiger partial charge in [-0.3, -0.25) is 5.10 Å². The Morgan fingerprint density at radius 2 is 2.12 bits per heavy atom. The molecule has 0 unspecified atom stereocenters. The van der Waals surface area contributed by atoms with Gasteiger partial charge in [0, 0.05) is 0 Å². The van der Waals surface area contributed by atoms with E-state index in [1.165, 1.54) is 0 Å². The number of hydrogen-bond acceptors (Lipinski definition) is 3. The molecule has 1 heterocycles. The fraction of sp³-hybridized carbons (Fsp3) is 0.556. The standard InChI is InChI=1S/C9H8F3IN2O2/c1-17-7(16)5-4(13)6(15-14-5)8(2-3-8)9(10,11)12/h2-3H2,1H3,(H,14,15). The van der Waals surface area contributed by atoms with Crippen LogP contribution in [0, 0.1) is 3.57 Å². The van der Waals surface area contributed by atoms with Crippen LogP contribution in [0.2, 0.25) is 0 Å². The minimum absolute atomic E-state index is 0.0119. The van der Waals surface area contributed by atoms with Crippen LogP contribution in [0.3, 0.4) is 0 Å². The number of carbonyl (C=O) groups excluding carboxylic acids is 1. The third kappa shape index (κ3) is 1.81. The molecule has 0 atom stereocenters. The number of ether oxygens (including phenoxy) is 1. The van der Waals surface area contributed by atoms with E-state index in [4.69, 9.17) is 0 Å². The number of aromatic amines is 1. The quantitative estimate of drug-likeness (QED) is 0.651. The first-order chi connectivity index (χ1) is 7.83. The van der Waals surface area contributed by atoms with Crippen LogP contribution in [0.15, 0.2) is 0 Å². The molecule has 8 heteroatoms. The SMILES string of the molecule is COC(=O)c1[nH]nc(C2(C(F)(F)F)CC2)c1I. The maximum absolute atomic E-state index is 12.9. The normalized spacial score (nSPS) is 17.9. The monoisotopic (exact) mass is 360 g/mol. The van der Waals surface area contributed by atoms with E-state index < -0.39 is 17.6 Å². The van der Waals surface area contributed by atoms with Gasteiger partial charge in [-0.25, -0.2) is 4.79 Å². The van der Waals surface area contributed by atoms with E-state index in [0.29, 0.717) is 0 Å². The maximum Gasteiger partial charge on any atom is 0.400 e. The Morgan fingerprint density at radius 1 is 1.53 bits per heavy atom. The summed E-state index contributed by atoms with van der Waals surface area (Å²) >= 11 is 1.69. The molecule has 1 aliphatic rings. The molecule has 1 N–H and O–H groups in total. The van der Waals surface area contributed by atoms with Gasteiger partial charge in [0.15, 0.2) is 5.69 Å². The Kier molecular flexibility index (Phi) is 2.87. The average Bonchev–Trinajstić information content (AvgIpc) is 2.97. The van der Waals surface area contributed by atoms with Crippen LogP contribution in [0.4, 0.5) is 13.2 Å². The fourth-order valence-corrected chi connectivity index (χ4v) is 2.64. The Bertz CT molecular complexity index is 465. The molecule has 0 amide bonds. The molecule has 0 radical (unpaired) electrons. The molecule has 0 aromatic carbocycles. The molecule has 4 nitrogen and oxygen atoms in total. The minimum Gasteiger partial charge on any atom is -0.464 e. The average molecular weight is 360 g/mol. The third-order valence-corrected chi connectivity index (χ3v) is 3.89. The van der Waals surface area contributed by atoms with E-state index in [-0.39, 0.29) is 27.8 Å². The van der Waals surface area contributed by atoms with Gasteiger partial charge in [0.25, 0.3) is 0 Å². The van der Waals surface area contributed by atoms with Crippen LogP contribution in [0.1, 0.15) is 29.0 Å². The molecular formula is C9H8F3IN2O2. The van der Waals surface area contributed by atoms with Gasteiger partial charge in [0.05, 0.1) is 16.4 Å². The summed E-state index contributed by atoms with van der Waals surface area (Å²) in [5, 5.41) is 5.94. The van der Waals surface area contributed by atoms with Gasteiger partial charge in [0.1, 0.15) is 5.41 Å². The van der Waals surface area contributed by atoms with Crippen LogP contribution in [0.25, 0.3) is 0 Å². The van der Waals surface area contributed by atoms with Gasteiger partial charge in [0.2, 0.25) is 0 Å². The Morgan fingerprint density at radius 3 is 2.53 bits per heavy atom. The summed E-state index contributed by atoms with van der Waals surface area (Å²) in [6.45, 7) is 0. The van der Waals surface area contributed by atoms with Gasteiger partial charge < -0.3 is 4.74 Å². The van der Waals surface area contributed by atoms with Crippen LogP contribution in [0.5, 0.6) is 0 Å². The van der Waals surface area contributed by atoms with Gasteiger partial charge in [-0.1, -0.05) is 0 Å². The van der Waals surface area contributed by atoms with Gasteiger partial charge in [-0.05, 0) is 35.4 Å². The summed E-state index contributed by atoms with van der Waals surface area (Å²) in [5.74, 6) is -0.717. The molecule has 1 aliphatic carbocycles. The highest BCUT2D eigenvalue weighted by Gasteiger charge is 2.66. The van der Waals surface area contributed by atoms with Crippen molar-refractivity contribution in [1.82, 2.24) is 10.2 Å².